The molecule has 0 radical (unpaired) electrons. The zero-order valence-corrected chi connectivity index (χ0v) is 9.28. The first-order valence-corrected chi connectivity index (χ1v) is 5.04. The third kappa shape index (κ3) is 2.59. The molecule has 0 fully saturated rings. The Labute approximate surface area is 104 Å². The first kappa shape index (κ1) is 13.1. The number of rotatable bonds is 2. The molecule has 2 aromatic rings. The van der Waals surface area contributed by atoms with Gasteiger partial charge in [0.2, 0.25) is 0 Å². The predicted molar refractivity (Wildman–Crippen MR) is 60.4 cm³/mol. The van der Waals surface area contributed by atoms with E-state index in [-0.39, 0.29) is 5.69 Å². The van der Waals surface area contributed by atoms with Crippen molar-refractivity contribution < 1.29 is 22.0 Å². The van der Waals surface area contributed by atoms with Crippen LogP contribution in [0.3, 0.4) is 0 Å². The third-order valence-corrected chi connectivity index (χ3v) is 2.32. The van der Waals surface area contributed by atoms with Crippen molar-refractivity contribution in [1.29, 1.82) is 0 Å². The van der Waals surface area contributed by atoms with Gasteiger partial charge in [0, 0.05) is 17.8 Å². The van der Waals surface area contributed by atoms with Gasteiger partial charge in [0.05, 0.1) is 5.69 Å². The molecule has 0 unspecified atom stereocenters. The standard InChI is InChI=1S/C12H7F5N2/c13-5-1-7(14)11(17)10(2-5)19-12-8(15)3-6(18)4-9(12)16/h1-4,19H,18H2. The zero-order chi connectivity index (χ0) is 14.2. The minimum absolute atomic E-state index is 0.175. The maximum absolute atomic E-state index is 13.4. The molecule has 3 N–H and O–H groups in total. The molecule has 100 valence electrons. The molecule has 2 aromatic carbocycles. The van der Waals surface area contributed by atoms with Gasteiger partial charge in [-0.25, -0.2) is 22.0 Å². The van der Waals surface area contributed by atoms with Crippen LogP contribution in [0.5, 0.6) is 0 Å². The smallest absolute Gasteiger partial charge is 0.182 e. The molecule has 0 spiro atoms. The van der Waals surface area contributed by atoms with Crippen LogP contribution in [0, 0.1) is 29.1 Å². The Balaban J connectivity index is 2.48. The van der Waals surface area contributed by atoms with E-state index in [1.54, 1.807) is 0 Å². The fourth-order valence-electron chi connectivity index (χ4n) is 1.49. The third-order valence-electron chi connectivity index (χ3n) is 2.32. The first-order chi connectivity index (χ1) is 8.88. The van der Waals surface area contributed by atoms with Gasteiger partial charge in [-0.3, -0.25) is 0 Å². The number of benzene rings is 2. The molecule has 0 amide bonds. The number of nitrogens with one attached hydrogen (secondary N) is 1. The second kappa shape index (κ2) is 4.75. The van der Waals surface area contributed by atoms with Crippen LogP contribution in [0.25, 0.3) is 0 Å². The van der Waals surface area contributed by atoms with Crippen molar-refractivity contribution >= 4 is 17.1 Å². The SMILES string of the molecule is Nc1cc(F)c(Nc2cc(F)cc(F)c2F)c(F)c1. The summed E-state index contributed by atoms with van der Waals surface area (Å²) in [5.74, 6) is -6.23. The summed E-state index contributed by atoms with van der Waals surface area (Å²) < 4.78 is 66.1. The van der Waals surface area contributed by atoms with E-state index in [0.717, 1.165) is 12.1 Å². The second-order valence-electron chi connectivity index (χ2n) is 3.73. The van der Waals surface area contributed by atoms with E-state index in [1.165, 1.54) is 0 Å². The Kier molecular flexibility index (Phi) is 3.28. The van der Waals surface area contributed by atoms with Crippen LogP contribution in [-0.2, 0) is 0 Å². The van der Waals surface area contributed by atoms with Crippen LogP contribution in [-0.4, -0.2) is 0 Å². The number of hydrogen-bond acceptors (Lipinski definition) is 2. The highest BCUT2D eigenvalue weighted by atomic mass is 19.2. The molecular formula is C12H7F5N2. The monoisotopic (exact) mass is 274 g/mol. The molecule has 7 heteroatoms. The number of nitrogens with two attached hydrogens (primary N) is 1. The van der Waals surface area contributed by atoms with Crippen LogP contribution >= 0.6 is 0 Å². The zero-order valence-electron chi connectivity index (χ0n) is 9.28. The topological polar surface area (TPSA) is 38.0 Å². The van der Waals surface area contributed by atoms with Crippen molar-refractivity contribution in [3.8, 4) is 0 Å². The van der Waals surface area contributed by atoms with Crippen LogP contribution in [0.4, 0.5) is 39.0 Å². The fraction of sp³-hybridized carbons (Fsp3) is 0. The Hall–Kier alpha value is -2.31. The van der Waals surface area contributed by atoms with Gasteiger partial charge in [-0.15, -0.1) is 0 Å². The van der Waals surface area contributed by atoms with Gasteiger partial charge < -0.3 is 11.1 Å². The Morgan fingerprint density at radius 2 is 1.37 bits per heavy atom. The maximum Gasteiger partial charge on any atom is 0.182 e. The highest BCUT2D eigenvalue weighted by Gasteiger charge is 2.16. The van der Waals surface area contributed by atoms with Crippen molar-refractivity contribution in [3.63, 3.8) is 0 Å². The number of hydrogen-bond donors (Lipinski definition) is 2. The van der Waals surface area contributed by atoms with Gasteiger partial charge in [-0.05, 0) is 12.1 Å². The lowest BCUT2D eigenvalue weighted by Gasteiger charge is -2.11. The molecule has 0 aliphatic heterocycles. The second-order valence-corrected chi connectivity index (χ2v) is 3.73. The minimum Gasteiger partial charge on any atom is -0.399 e. The summed E-state index contributed by atoms with van der Waals surface area (Å²) in [4.78, 5) is 0. The molecule has 0 saturated carbocycles. The Morgan fingerprint density at radius 3 is 1.95 bits per heavy atom. The largest absolute Gasteiger partial charge is 0.399 e. The van der Waals surface area contributed by atoms with E-state index in [4.69, 9.17) is 5.73 Å². The molecule has 0 aliphatic carbocycles. The molecule has 2 nitrogen and oxygen atoms in total. The summed E-state index contributed by atoms with van der Waals surface area (Å²) in [5, 5.41) is 1.96. The van der Waals surface area contributed by atoms with Crippen LogP contribution < -0.4 is 11.1 Å². The minimum atomic E-state index is -1.47. The highest BCUT2D eigenvalue weighted by molar-refractivity contribution is 5.64. The summed E-state index contributed by atoms with van der Waals surface area (Å²) in [6.07, 6.45) is 0. The molecular weight excluding hydrogens is 267 g/mol. The fourth-order valence-corrected chi connectivity index (χ4v) is 1.49. The predicted octanol–water partition coefficient (Wildman–Crippen LogP) is 3.71. The van der Waals surface area contributed by atoms with Crippen LogP contribution in [0.2, 0.25) is 0 Å². The first-order valence-electron chi connectivity index (χ1n) is 5.04. The lowest BCUT2D eigenvalue weighted by Crippen LogP contribution is -2.03. The van der Waals surface area contributed by atoms with E-state index in [9.17, 15) is 22.0 Å². The number of halogens is 5. The van der Waals surface area contributed by atoms with Crippen molar-refractivity contribution in [3.05, 3.63) is 53.4 Å². The van der Waals surface area contributed by atoms with Gasteiger partial charge in [-0.2, -0.15) is 0 Å². The van der Waals surface area contributed by atoms with E-state index >= 15 is 0 Å². The van der Waals surface area contributed by atoms with Crippen molar-refractivity contribution in [2.75, 3.05) is 11.1 Å². The van der Waals surface area contributed by atoms with E-state index < -0.39 is 40.5 Å². The van der Waals surface area contributed by atoms with E-state index in [0.29, 0.717) is 12.1 Å². The summed E-state index contributed by atoms with van der Waals surface area (Å²) >= 11 is 0. The van der Waals surface area contributed by atoms with Crippen molar-refractivity contribution in [1.82, 2.24) is 0 Å². The average molecular weight is 274 g/mol. The Morgan fingerprint density at radius 1 is 0.789 bits per heavy atom. The van der Waals surface area contributed by atoms with Crippen LogP contribution in [0.15, 0.2) is 24.3 Å². The molecule has 19 heavy (non-hydrogen) atoms. The maximum atomic E-state index is 13.4. The van der Waals surface area contributed by atoms with Crippen molar-refractivity contribution in [2.45, 2.75) is 0 Å². The Bertz CT molecular complexity index is 619. The summed E-state index contributed by atoms with van der Waals surface area (Å²) in [6.45, 7) is 0. The van der Waals surface area contributed by atoms with E-state index in [2.05, 4.69) is 0 Å². The lowest BCUT2D eigenvalue weighted by atomic mass is 10.2. The quantitative estimate of drug-likeness (QED) is 0.497. The molecule has 0 heterocycles. The van der Waals surface area contributed by atoms with Crippen LogP contribution in [0.1, 0.15) is 0 Å². The molecule has 0 aliphatic rings. The van der Waals surface area contributed by atoms with Gasteiger partial charge in [-0.1, -0.05) is 0 Å². The number of anilines is 3. The van der Waals surface area contributed by atoms with Gasteiger partial charge in [0.25, 0.3) is 0 Å². The summed E-state index contributed by atoms with van der Waals surface area (Å²) in [6, 6.07) is 2.47. The highest BCUT2D eigenvalue weighted by Crippen LogP contribution is 2.28. The molecule has 0 bridgehead atoms. The average Bonchev–Trinajstić information content (AvgIpc) is 2.29. The van der Waals surface area contributed by atoms with Gasteiger partial charge >= 0.3 is 0 Å². The lowest BCUT2D eigenvalue weighted by molar-refractivity contribution is 0.498. The molecule has 2 rings (SSSR count). The summed E-state index contributed by atoms with van der Waals surface area (Å²) in [7, 11) is 0. The van der Waals surface area contributed by atoms with Gasteiger partial charge in [0.15, 0.2) is 23.3 Å². The van der Waals surface area contributed by atoms with E-state index in [1.807, 2.05) is 5.32 Å². The van der Waals surface area contributed by atoms with Gasteiger partial charge in [0.1, 0.15) is 11.5 Å². The molecule has 0 saturated heterocycles. The normalized spacial score (nSPS) is 10.6. The summed E-state index contributed by atoms with van der Waals surface area (Å²) in [5.41, 5.74) is 3.55. The molecule has 0 aromatic heterocycles. The van der Waals surface area contributed by atoms with Crippen molar-refractivity contribution in [2.24, 2.45) is 0 Å². The number of nitrogen functional groups attached to an aromatic ring is 1. The molecule has 0 atom stereocenters.